The Kier molecular flexibility index (Phi) is 9.12. The molecule has 0 saturated heterocycles. The van der Waals surface area contributed by atoms with Crippen LogP contribution in [0.2, 0.25) is 0 Å². The van der Waals surface area contributed by atoms with E-state index in [-0.39, 0.29) is 11.8 Å². The van der Waals surface area contributed by atoms with Gasteiger partial charge in [0.2, 0.25) is 0 Å². The molecule has 2 aromatic rings. The predicted octanol–water partition coefficient (Wildman–Crippen LogP) is 3.08. The van der Waals surface area contributed by atoms with Crippen LogP contribution in [0.15, 0.2) is 46.9 Å². The van der Waals surface area contributed by atoms with Crippen molar-refractivity contribution in [3.63, 3.8) is 0 Å². The zero-order valence-corrected chi connectivity index (χ0v) is 16.4. The van der Waals surface area contributed by atoms with Gasteiger partial charge in [-0.1, -0.05) is 18.2 Å². The van der Waals surface area contributed by atoms with E-state index in [0.29, 0.717) is 0 Å². The van der Waals surface area contributed by atoms with Crippen molar-refractivity contribution in [1.82, 2.24) is 5.32 Å². The number of nitrogens with one attached hydrogen (secondary N) is 1. The third-order valence-corrected chi connectivity index (χ3v) is 4.34. The fraction of sp³-hybridized carbons (Fsp3) is 0.316. The average Bonchev–Trinajstić information content (AvgIpc) is 2.57. The van der Waals surface area contributed by atoms with Crippen LogP contribution in [-0.2, 0) is 11.2 Å². The summed E-state index contributed by atoms with van der Waals surface area (Å²) in [7, 11) is 0. The van der Waals surface area contributed by atoms with E-state index < -0.39 is 12.1 Å². The van der Waals surface area contributed by atoms with Gasteiger partial charge in [0.15, 0.2) is 0 Å². The van der Waals surface area contributed by atoms with Crippen molar-refractivity contribution < 1.29 is 20.1 Å². The largest absolute Gasteiger partial charge is 0.508 e. The van der Waals surface area contributed by atoms with Gasteiger partial charge < -0.3 is 26.4 Å². The predicted molar refractivity (Wildman–Crippen MR) is 106 cm³/mol. The molecule has 0 aromatic heterocycles. The number of rotatable bonds is 6. The van der Waals surface area contributed by atoms with Crippen LogP contribution >= 0.6 is 15.9 Å². The van der Waals surface area contributed by atoms with Crippen molar-refractivity contribution in [2.24, 2.45) is 0 Å². The van der Waals surface area contributed by atoms with Crippen LogP contribution in [0.1, 0.15) is 31.1 Å². The molecular formula is C19H25BrN2O4. The number of phenolic OH excluding ortho intramolecular Hbond substituents is 1. The molecule has 0 unspecified atom stereocenters. The quantitative estimate of drug-likeness (QED) is 0.455. The van der Waals surface area contributed by atoms with Gasteiger partial charge in [0.1, 0.15) is 5.75 Å². The maximum Gasteiger partial charge on any atom is 0.300 e. The Morgan fingerprint density at radius 1 is 1.23 bits per heavy atom. The monoisotopic (exact) mass is 424 g/mol. The fourth-order valence-corrected chi connectivity index (χ4v) is 2.67. The molecule has 142 valence electrons. The third kappa shape index (κ3) is 7.86. The van der Waals surface area contributed by atoms with Crippen LogP contribution in [-0.4, -0.2) is 33.9 Å². The third-order valence-electron chi connectivity index (χ3n) is 3.65. The minimum absolute atomic E-state index is 0.0817. The van der Waals surface area contributed by atoms with Gasteiger partial charge in [-0.3, -0.25) is 4.79 Å². The number of carboxylic acid groups (broad SMARTS) is 1. The molecule has 0 spiro atoms. The van der Waals surface area contributed by atoms with Gasteiger partial charge in [0.25, 0.3) is 5.97 Å². The number of anilines is 1. The van der Waals surface area contributed by atoms with Crippen molar-refractivity contribution in [1.29, 1.82) is 0 Å². The number of benzene rings is 2. The Morgan fingerprint density at radius 3 is 2.35 bits per heavy atom. The van der Waals surface area contributed by atoms with Crippen LogP contribution in [0.25, 0.3) is 0 Å². The summed E-state index contributed by atoms with van der Waals surface area (Å²) in [6, 6.07) is 12.4. The molecule has 0 fully saturated rings. The Labute approximate surface area is 161 Å². The molecule has 7 heteroatoms. The van der Waals surface area contributed by atoms with Crippen LogP contribution in [0.4, 0.5) is 5.69 Å². The number of aromatic hydroxyl groups is 1. The summed E-state index contributed by atoms with van der Waals surface area (Å²) in [5.41, 5.74) is 8.46. The van der Waals surface area contributed by atoms with Gasteiger partial charge in [-0.2, -0.15) is 0 Å². The van der Waals surface area contributed by atoms with Gasteiger partial charge in [-0.15, -0.1) is 0 Å². The maximum atomic E-state index is 10.3. The second-order valence-electron chi connectivity index (χ2n) is 5.90. The lowest BCUT2D eigenvalue weighted by atomic mass is 10.0. The Bertz CT molecular complexity index is 703. The second kappa shape index (κ2) is 10.8. The van der Waals surface area contributed by atoms with Crippen molar-refractivity contribution >= 4 is 27.6 Å². The van der Waals surface area contributed by atoms with Gasteiger partial charge in [0.05, 0.1) is 6.10 Å². The highest BCUT2D eigenvalue weighted by molar-refractivity contribution is 9.10. The molecule has 0 amide bonds. The first-order valence-corrected chi connectivity index (χ1v) is 8.93. The van der Waals surface area contributed by atoms with E-state index in [0.717, 1.165) is 35.6 Å². The number of hydrogen-bond acceptors (Lipinski definition) is 5. The van der Waals surface area contributed by atoms with Crippen molar-refractivity contribution in [2.75, 3.05) is 12.3 Å². The number of aliphatic hydroxyl groups excluding tert-OH is 1. The standard InChI is InChI=1S/C17H21BrN2O2.C2H4O2/c1-11(17(22)13-3-5-14(21)6-4-13)20-9-8-12-2-7-16(19)15(18)10-12;1-2(3)4/h2-7,10-11,17,20-22H,8-9,19H2,1H3;1H3,(H,3,4)/t11-,17-;/m0./s1. The van der Waals surface area contributed by atoms with Crippen LogP contribution in [0, 0.1) is 0 Å². The molecule has 0 saturated carbocycles. The number of nitrogens with two attached hydrogens (primary N) is 1. The number of aliphatic hydroxyl groups is 1. The SMILES string of the molecule is CC(=O)O.C[C@H](NCCc1ccc(N)c(Br)c1)[C@H](O)c1ccc(O)cc1. The van der Waals surface area contributed by atoms with Crippen molar-refractivity contribution in [3.05, 3.63) is 58.1 Å². The normalized spacial score (nSPS) is 12.6. The van der Waals surface area contributed by atoms with Crippen LogP contribution < -0.4 is 11.1 Å². The summed E-state index contributed by atoms with van der Waals surface area (Å²) in [6.07, 6.45) is 0.240. The van der Waals surface area contributed by atoms with E-state index in [9.17, 15) is 10.2 Å². The topological polar surface area (TPSA) is 116 Å². The number of nitrogen functional groups attached to an aromatic ring is 1. The minimum Gasteiger partial charge on any atom is -0.508 e. The van der Waals surface area contributed by atoms with E-state index in [1.807, 2.05) is 25.1 Å². The highest BCUT2D eigenvalue weighted by Gasteiger charge is 2.15. The number of phenols is 1. The van der Waals surface area contributed by atoms with E-state index in [2.05, 4.69) is 21.2 Å². The lowest BCUT2D eigenvalue weighted by molar-refractivity contribution is -0.134. The Hall–Kier alpha value is -2.09. The molecule has 6 nitrogen and oxygen atoms in total. The minimum atomic E-state index is -0.833. The second-order valence-corrected chi connectivity index (χ2v) is 6.76. The molecule has 0 radical (unpaired) electrons. The highest BCUT2D eigenvalue weighted by Crippen LogP contribution is 2.21. The molecule has 26 heavy (non-hydrogen) atoms. The van der Waals surface area contributed by atoms with Gasteiger partial charge in [-0.25, -0.2) is 0 Å². The molecule has 0 aliphatic heterocycles. The summed E-state index contributed by atoms with van der Waals surface area (Å²) in [4.78, 5) is 9.00. The summed E-state index contributed by atoms with van der Waals surface area (Å²) in [5.74, 6) is -0.634. The maximum absolute atomic E-state index is 10.3. The number of carbonyl (C=O) groups is 1. The molecule has 2 aromatic carbocycles. The summed E-state index contributed by atoms with van der Waals surface area (Å²) in [6.45, 7) is 3.78. The summed E-state index contributed by atoms with van der Waals surface area (Å²) in [5, 5.41) is 30.3. The van der Waals surface area contributed by atoms with Crippen LogP contribution in [0.5, 0.6) is 5.75 Å². The number of carboxylic acids is 1. The fourth-order valence-electron chi connectivity index (χ4n) is 2.24. The number of halogens is 1. The van der Waals surface area contributed by atoms with Gasteiger partial charge >= 0.3 is 0 Å². The Morgan fingerprint density at radius 2 is 1.81 bits per heavy atom. The first-order valence-electron chi connectivity index (χ1n) is 8.14. The van der Waals surface area contributed by atoms with E-state index in [1.165, 1.54) is 5.56 Å². The number of aliphatic carboxylic acids is 1. The van der Waals surface area contributed by atoms with E-state index >= 15 is 0 Å². The molecular weight excluding hydrogens is 400 g/mol. The molecule has 0 aliphatic carbocycles. The summed E-state index contributed by atoms with van der Waals surface area (Å²) < 4.78 is 0.905. The van der Waals surface area contributed by atoms with Crippen molar-refractivity contribution in [3.8, 4) is 5.75 Å². The van der Waals surface area contributed by atoms with Gasteiger partial charge in [-0.05, 0) is 71.2 Å². The summed E-state index contributed by atoms with van der Waals surface area (Å²) >= 11 is 3.42. The van der Waals surface area contributed by atoms with E-state index in [4.69, 9.17) is 15.6 Å². The molecule has 0 aliphatic rings. The zero-order chi connectivity index (χ0) is 19.7. The molecule has 2 rings (SSSR count). The number of hydrogen-bond donors (Lipinski definition) is 5. The van der Waals surface area contributed by atoms with Gasteiger partial charge in [0, 0.05) is 23.1 Å². The lowest BCUT2D eigenvalue weighted by Gasteiger charge is -2.21. The van der Waals surface area contributed by atoms with E-state index in [1.54, 1.807) is 24.3 Å². The average molecular weight is 425 g/mol. The molecule has 2 atom stereocenters. The smallest absolute Gasteiger partial charge is 0.300 e. The first-order chi connectivity index (χ1) is 12.2. The first kappa shape index (κ1) is 22.0. The molecule has 6 N–H and O–H groups in total. The zero-order valence-electron chi connectivity index (χ0n) is 14.8. The lowest BCUT2D eigenvalue weighted by Crippen LogP contribution is -2.33. The van der Waals surface area contributed by atoms with Crippen molar-refractivity contribution in [2.45, 2.75) is 32.4 Å². The van der Waals surface area contributed by atoms with Crippen LogP contribution in [0.3, 0.4) is 0 Å². The highest BCUT2D eigenvalue weighted by atomic mass is 79.9. The molecule has 0 bridgehead atoms. The Balaban J connectivity index is 0.000000765. The molecule has 0 heterocycles.